The maximum Gasteiger partial charge on any atom is 0.242 e. The molecule has 0 aliphatic carbocycles. The van der Waals surface area contributed by atoms with Crippen molar-refractivity contribution in [1.29, 1.82) is 0 Å². The van der Waals surface area contributed by atoms with Gasteiger partial charge in [-0.2, -0.15) is 0 Å². The van der Waals surface area contributed by atoms with Crippen LogP contribution in [0.4, 0.5) is 5.69 Å². The molecule has 1 amide bonds. The number of ether oxygens (including phenoxy) is 2. The van der Waals surface area contributed by atoms with Crippen LogP contribution in [-0.4, -0.2) is 50.3 Å². The molecule has 0 unspecified atom stereocenters. The fourth-order valence-electron chi connectivity index (χ4n) is 2.18. The number of hydrogen-bond acceptors (Lipinski definition) is 4. The number of nitrogens with zero attached hydrogens (tertiary/aromatic N) is 1. The molecule has 0 bridgehead atoms. The van der Waals surface area contributed by atoms with Crippen molar-refractivity contribution >= 4 is 11.6 Å². The van der Waals surface area contributed by atoms with Crippen LogP contribution in [0.25, 0.3) is 0 Å². The molecule has 0 atom stereocenters. The zero-order valence-electron chi connectivity index (χ0n) is 13.5. The Morgan fingerprint density at radius 3 is 2.59 bits per heavy atom. The van der Waals surface area contributed by atoms with E-state index in [-0.39, 0.29) is 5.91 Å². The Labute approximate surface area is 132 Å². The van der Waals surface area contributed by atoms with Crippen molar-refractivity contribution < 1.29 is 14.3 Å². The summed E-state index contributed by atoms with van der Waals surface area (Å²) in [6.07, 6.45) is 1.05. The molecule has 0 spiro atoms. The molecule has 0 radical (unpaired) electrons. The van der Waals surface area contributed by atoms with Gasteiger partial charge in [0, 0.05) is 18.8 Å². The maximum atomic E-state index is 12.0. The summed E-state index contributed by atoms with van der Waals surface area (Å²) in [7, 11) is 0. The lowest BCUT2D eigenvalue weighted by molar-refractivity contribution is -0.133. The van der Waals surface area contributed by atoms with E-state index in [0.29, 0.717) is 38.8 Å². The first-order chi connectivity index (χ1) is 10.6. The molecule has 22 heavy (non-hydrogen) atoms. The van der Waals surface area contributed by atoms with Crippen LogP contribution < -0.4 is 10.1 Å². The van der Waals surface area contributed by atoms with Crippen molar-refractivity contribution in [3.8, 4) is 5.75 Å². The lowest BCUT2D eigenvalue weighted by Gasteiger charge is -2.27. The van der Waals surface area contributed by atoms with E-state index < -0.39 is 0 Å². The lowest BCUT2D eigenvalue weighted by Crippen LogP contribution is -2.43. The van der Waals surface area contributed by atoms with Gasteiger partial charge in [0.15, 0.2) is 0 Å². The number of nitrogens with one attached hydrogen (secondary N) is 1. The van der Waals surface area contributed by atoms with Crippen molar-refractivity contribution in [3.05, 3.63) is 24.3 Å². The van der Waals surface area contributed by atoms with Crippen LogP contribution >= 0.6 is 0 Å². The molecule has 5 nitrogen and oxygen atoms in total. The minimum Gasteiger partial charge on any atom is -0.494 e. The molecule has 1 heterocycles. The second-order valence-electron chi connectivity index (χ2n) is 5.90. The first kappa shape index (κ1) is 16.6. The number of benzene rings is 1. The van der Waals surface area contributed by atoms with E-state index in [1.807, 2.05) is 29.2 Å². The third kappa shape index (κ3) is 5.56. The Morgan fingerprint density at radius 2 is 1.95 bits per heavy atom. The first-order valence-electron chi connectivity index (χ1n) is 7.97. The topological polar surface area (TPSA) is 50.8 Å². The summed E-state index contributed by atoms with van der Waals surface area (Å²) in [5.74, 6) is 1.62. The Kier molecular flexibility index (Phi) is 6.52. The fourth-order valence-corrected chi connectivity index (χ4v) is 2.18. The smallest absolute Gasteiger partial charge is 0.242 e. The predicted octanol–water partition coefficient (Wildman–Crippen LogP) is 2.38. The predicted molar refractivity (Wildman–Crippen MR) is 87.3 cm³/mol. The molecule has 1 aliphatic heterocycles. The second kappa shape index (κ2) is 8.63. The Hall–Kier alpha value is -1.75. The number of hydrogen-bond donors (Lipinski definition) is 1. The van der Waals surface area contributed by atoms with Crippen molar-refractivity contribution in [2.75, 3.05) is 44.8 Å². The van der Waals surface area contributed by atoms with Gasteiger partial charge in [-0.1, -0.05) is 13.8 Å². The highest BCUT2D eigenvalue weighted by Crippen LogP contribution is 2.16. The minimum absolute atomic E-state index is 0.112. The van der Waals surface area contributed by atoms with Crippen LogP contribution in [0.1, 0.15) is 20.3 Å². The Morgan fingerprint density at radius 1 is 1.27 bits per heavy atom. The van der Waals surface area contributed by atoms with Gasteiger partial charge in [0.1, 0.15) is 5.75 Å². The van der Waals surface area contributed by atoms with Gasteiger partial charge in [-0.15, -0.1) is 0 Å². The normalized spacial score (nSPS) is 15.0. The average molecular weight is 306 g/mol. The highest BCUT2D eigenvalue weighted by atomic mass is 16.5. The van der Waals surface area contributed by atoms with E-state index in [4.69, 9.17) is 9.47 Å². The molecule has 1 fully saturated rings. The largest absolute Gasteiger partial charge is 0.494 e. The lowest BCUT2D eigenvalue weighted by atomic mass is 10.1. The summed E-state index contributed by atoms with van der Waals surface area (Å²) in [5, 5.41) is 3.16. The summed E-state index contributed by atoms with van der Waals surface area (Å²) in [6, 6.07) is 7.75. The molecule has 2 rings (SSSR count). The van der Waals surface area contributed by atoms with Gasteiger partial charge in [-0.3, -0.25) is 4.79 Å². The monoisotopic (exact) mass is 306 g/mol. The van der Waals surface area contributed by atoms with E-state index >= 15 is 0 Å². The minimum atomic E-state index is 0.112. The molecule has 1 aromatic carbocycles. The maximum absolute atomic E-state index is 12.0. The van der Waals surface area contributed by atoms with E-state index in [0.717, 1.165) is 24.5 Å². The van der Waals surface area contributed by atoms with Crippen LogP contribution in [0.3, 0.4) is 0 Å². The van der Waals surface area contributed by atoms with Crippen LogP contribution in [0.5, 0.6) is 5.75 Å². The molecule has 5 heteroatoms. The van der Waals surface area contributed by atoms with Crippen LogP contribution in [0.2, 0.25) is 0 Å². The van der Waals surface area contributed by atoms with Gasteiger partial charge in [-0.25, -0.2) is 0 Å². The standard InChI is InChI=1S/C17H26N2O3/c1-14(2)7-10-22-16-5-3-15(4-6-16)18-13-17(20)19-8-11-21-12-9-19/h3-6,14,18H,7-13H2,1-2H3. The van der Waals surface area contributed by atoms with E-state index in [1.165, 1.54) is 0 Å². The highest BCUT2D eigenvalue weighted by molar-refractivity contribution is 5.81. The van der Waals surface area contributed by atoms with Gasteiger partial charge < -0.3 is 19.7 Å². The van der Waals surface area contributed by atoms with Crippen molar-refractivity contribution in [1.82, 2.24) is 4.90 Å². The molecular weight excluding hydrogens is 280 g/mol. The van der Waals surface area contributed by atoms with E-state index in [2.05, 4.69) is 19.2 Å². The molecular formula is C17H26N2O3. The summed E-state index contributed by atoms with van der Waals surface area (Å²) < 4.78 is 10.9. The van der Waals surface area contributed by atoms with Crippen LogP contribution in [-0.2, 0) is 9.53 Å². The quantitative estimate of drug-likeness (QED) is 0.840. The average Bonchev–Trinajstić information content (AvgIpc) is 2.54. The number of carbonyl (C=O) groups excluding carboxylic acids is 1. The van der Waals surface area contributed by atoms with E-state index in [1.54, 1.807) is 0 Å². The van der Waals surface area contributed by atoms with Gasteiger partial charge in [0.2, 0.25) is 5.91 Å². The summed E-state index contributed by atoms with van der Waals surface area (Å²) in [4.78, 5) is 13.9. The number of morpholine rings is 1. The molecule has 1 saturated heterocycles. The summed E-state index contributed by atoms with van der Waals surface area (Å²) in [6.45, 7) is 8.05. The van der Waals surface area contributed by atoms with Crippen LogP contribution in [0, 0.1) is 5.92 Å². The first-order valence-corrected chi connectivity index (χ1v) is 7.97. The fraction of sp³-hybridized carbons (Fsp3) is 0.588. The van der Waals surface area contributed by atoms with Crippen LogP contribution in [0.15, 0.2) is 24.3 Å². The zero-order chi connectivity index (χ0) is 15.8. The summed E-state index contributed by atoms with van der Waals surface area (Å²) in [5.41, 5.74) is 0.929. The molecule has 1 aromatic rings. The number of amides is 1. The second-order valence-corrected chi connectivity index (χ2v) is 5.90. The van der Waals surface area contributed by atoms with Gasteiger partial charge in [-0.05, 0) is 36.6 Å². The van der Waals surface area contributed by atoms with Gasteiger partial charge >= 0.3 is 0 Å². The molecule has 1 N–H and O–H groups in total. The number of anilines is 1. The zero-order valence-corrected chi connectivity index (χ0v) is 13.5. The molecule has 122 valence electrons. The molecule has 0 aromatic heterocycles. The van der Waals surface area contributed by atoms with Gasteiger partial charge in [0.05, 0.1) is 26.4 Å². The Balaban J connectivity index is 1.72. The SMILES string of the molecule is CC(C)CCOc1ccc(NCC(=O)N2CCOCC2)cc1. The van der Waals surface area contributed by atoms with E-state index in [9.17, 15) is 4.79 Å². The van der Waals surface area contributed by atoms with Gasteiger partial charge in [0.25, 0.3) is 0 Å². The third-order valence-corrected chi connectivity index (χ3v) is 3.63. The number of rotatable bonds is 7. The highest BCUT2D eigenvalue weighted by Gasteiger charge is 2.16. The van der Waals surface area contributed by atoms with Crippen molar-refractivity contribution in [2.24, 2.45) is 5.92 Å². The number of carbonyl (C=O) groups is 1. The summed E-state index contributed by atoms with van der Waals surface area (Å²) >= 11 is 0. The molecule has 1 aliphatic rings. The van der Waals surface area contributed by atoms with Crippen molar-refractivity contribution in [3.63, 3.8) is 0 Å². The van der Waals surface area contributed by atoms with Crippen molar-refractivity contribution in [2.45, 2.75) is 20.3 Å². The third-order valence-electron chi connectivity index (χ3n) is 3.63. The molecule has 0 saturated carbocycles. The Bertz CT molecular complexity index is 453.